The first-order valence-corrected chi connectivity index (χ1v) is 5.82. The second kappa shape index (κ2) is 6.44. The molecular formula is C13H21NO. The summed E-state index contributed by atoms with van der Waals surface area (Å²) in [4.78, 5) is 11.4. The van der Waals surface area contributed by atoms with Gasteiger partial charge in [-0.1, -0.05) is 25.2 Å². The molecule has 1 saturated carbocycles. The van der Waals surface area contributed by atoms with Crippen LogP contribution in [0, 0.1) is 5.92 Å². The van der Waals surface area contributed by atoms with Gasteiger partial charge in [0.05, 0.1) is 0 Å². The van der Waals surface area contributed by atoms with Crippen molar-refractivity contribution >= 4 is 5.91 Å². The van der Waals surface area contributed by atoms with E-state index in [9.17, 15) is 4.79 Å². The quantitative estimate of drug-likeness (QED) is 0.559. The highest BCUT2D eigenvalue weighted by Gasteiger charge is 2.18. The van der Waals surface area contributed by atoms with E-state index in [0.717, 1.165) is 18.8 Å². The van der Waals surface area contributed by atoms with Crippen molar-refractivity contribution in [1.29, 1.82) is 0 Å². The lowest BCUT2D eigenvalue weighted by Crippen LogP contribution is -2.36. The topological polar surface area (TPSA) is 29.1 Å². The van der Waals surface area contributed by atoms with Crippen LogP contribution < -0.4 is 5.32 Å². The second-order valence-electron chi connectivity index (χ2n) is 4.35. The molecule has 1 amide bonds. The van der Waals surface area contributed by atoms with Crippen molar-refractivity contribution in [3.8, 4) is 0 Å². The van der Waals surface area contributed by atoms with Crippen LogP contribution in [0.4, 0.5) is 0 Å². The zero-order chi connectivity index (χ0) is 11.1. The van der Waals surface area contributed by atoms with E-state index < -0.39 is 0 Å². The standard InChI is InChI=1S/C13H21NO/c1-3-4-5-6-13(15)14-12-9-7-11(2)8-10-12/h3-6,11-12H,7-10H2,1-2H3,(H,14,15). The molecule has 0 bridgehead atoms. The minimum absolute atomic E-state index is 0.0349. The molecule has 0 unspecified atom stereocenters. The molecule has 0 aromatic rings. The molecule has 2 nitrogen and oxygen atoms in total. The van der Waals surface area contributed by atoms with Gasteiger partial charge < -0.3 is 5.32 Å². The third kappa shape index (κ3) is 4.82. The van der Waals surface area contributed by atoms with Crippen molar-refractivity contribution in [1.82, 2.24) is 5.32 Å². The van der Waals surface area contributed by atoms with Crippen LogP contribution >= 0.6 is 0 Å². The van der Waals surface area contributed by atoms with E-state index in [2.05, 4.69) is 12.2 Å². The molecular weight excluding hydrogens is 186 g/mol. The summed E-state index contributed by atoms with van der Waals surface area (Å²) in [6.45, 7) is 4.22. The fraction of sp³-hybridized carbons (Fsp3) is 0.615. The highest BCUT2D eigenvalue weighted by Crippen LogP contribution is 2.23. The van der Waals surface area contributed by atoms with E-state index in [1.807, 2.05) is 19.1 Å². The summed E-state index contributed by atoms with van der Waals surface area (Å²) in [5, 5.41) is 3.04. The monoisotopic (exact) mass is 207 g/mol. The predicted molar refractivity (Wildman–Crippen MR) is 63.5 cm³/mol. The van der Waals surface area contributed by atoms with Crippen molar-refractivity contribution in [2.45, 2.75) is 45.6 Å². The number of hydrogen-bond acceptors (Lipinski definition) is 1. The Balaban J connectivity index is 2.26. The maximum absolute atomic E-state index is 11.4. The van der Waals surface area contributed by atoms with Gasteiger partial charge in [-0.25, -0.2) is 0 Å². The van der Waals surface area contributed by atoms with E-state index in [1.165, 1.54) is 12.8 Å². The van der Waals surface area contributed by atoms with Crippen molar-refractivity contribution in [3.63, 3.8) is 0 Å². The molecule has 84 valence electrons. The highest BCUT2D eigenvalue weighted by atomic mass is 16.1. The number of carbonyl (C=O) groups excluding carboxylic acids is 1. The molecule has 1 N–H and O–H groups in total. The van der Waals surface area contributed by atoms with E-state index in [0.29, 0.717) is 6.04 Å². The molecule has 2 heteroatoms. The van der Waals surface area contributed by atoms with Gasteiger partial charge in [0.15, 0.2) is 0 Å². The molecule has 0 heterocycles. The van der Waals surface area contributed by atoms with Gasteiger partial charge in [-0.2, -0.15) is 0 Å². The zero-order valence-electron chi connectivity index (χ0n) is 9.70. The lowest BCUT2D eigenvalue weighted by atomic mass is 9.87. The molecule has 1 rings (SSSR count). The number of carbonyl (C=O) groups is 1. The molecule has 1 aliphatic rings. The minimum Gasteiger partial charge on any atom is -0.350 e. The molecule has 15 heavy (non-hydrogen) atoms. The van der Waals surface area contributed by atoms with Gasteiger partial charge in [0.1, 0.15) is 0 Å². The van der Waals surface area contributed by atoms with Crippen LogP contribution in [0.3, 0.4) is 0 Å². The van der Waals surface area contributed by atoms with Crippen LogP contribution in [0.25, 0.3) is 0 Å². The molecule has 0 aromatic heterocycles. The van der Waals surface area contributed by atoms with Crippen molar-refractivity contribution in [3.05, 3.63) is 24.3 Å². The van der Waals surface area contributed by atoms with Gasteiger partial charge in [0.2, 0.25) is 5.91 Å². The smallest absolute Gasteiger partial charge is 0.244 e. The average Bonchev–Trinajstić information content (AvgIpc) is 2.22. The van der Waals surface area contributed by atoms with Gasteiger partial charge in [-0.15, -0.1) is 0 Å². The van der Waals surface area contributed by atoms with E-state index in [-0.39, 0.29) is 5.91 Å². The summed E-state index contributed by atoms with van der Waals surface area (Å²) in [6, 6.07) is 0.393. The molecule has 1 fully saturated rings. The minimum atomic E-state index is 0.0349. The molecule has 0 radical (unpaired) electrons. The maximum Gasteiger partial charge on any atom is 0.244 e. The Hall–Kier alpha value is -1.05. The Kier molecular flexibility index (Phi) is 5.16. The first kappa shape index (κ1) is 12.0. The zero-order valence-corrected chi connectivity index (χ0v) is 9.70. The fourth-order valence-corrected chi connectivity index (χ4v) is 1.91. The van der Waals surface area contributed by atoms with E-state index in [4.69, 9.17) is 0 Å². The molecule has 0 saturated heterocycles. The van der Waals surface area contributed by atoms with Crippen LogP contribution in [-0.2, 0) is 4.79 Å². The van der Waals surface area contributed by atoms with Crippen molar-refractivity contribution in [2.75, 3.05) is 0 Å². The van der Waals surface area contributed by atoms with Gasteiger partial charge in [-0.3, -0.25) is 4.79 Å². The first-order chi connectivity index (χ1) is 7.22. The lowest BCUT2D eigenvalue weighted by Gasteiger charge is -2.26. The summed E-state index contributed by atoms with van der Waals surface area (Å²) in [5.41, 5.74) is 0. The fourth-order valence-electron chi connectivity index (χ4n) is 1.91. The van der Waals surface area contributed by atoms with Crippen molar-refractivity contribution < 1.29 is 4.79 Å². The van der Waals surface area contributed by atoms with Crippen LogP contribution in [0.15, 0.2) is 24.3 Å². The predicted octanol–water partition coefficient (Wildman–Crippen LogP) is 2.81. The molecule has 0 aromatic carbocycles. The maximum atomic E-state index is 11.4. The Morgan fingerprint density at radius 3 is 2.47 bits per heavy atom. The number of amides is 1. The third-order valence-electron chi connectivity index (χ3n) is 2.91. The second-order valence-corrected chi connectivity index (χ2v) is 4.35. The number of nitrogens with one attached hydrogen (secondary N) is 1. The van der Waals surface area contributed by atoms with Gasteiger partial charge in [0.25, 0.3) is 0 Å². The first-order valence-electron chi connectivity index (χ1n) is 5.82. The van der Waals surface area contributed by atoms with Gasteiger partial charge in [-0.05, 0) is 38.5 Å². The summed E-state index contributed by atoms with van der Waals surface area (Å²) in [6.07, 6.45) is 11.9. The van der Waals surface area contributed by atoms with E-state index in [1.54, 1.807) is 12.2 Å². The lowest BCUT2D eigenvalue weighted by molar-refractivity contribution is -0.117. The molecule has 0 spiro atoms. The average molecular weight is 207 g/mol. The van der Waals surface area contributed by atoms with Crippen LogP contribution in [0.5, 0.6) is 0 Å². The van der Waals surface area contributed by atoms with Crippen LogP contribution in [-0.4, -0.2) is 11.9 Å². The Morgan fingerprint density at radius 1 is 1.20 bits per heavy atom. The summed E-state index contributed by atoms with van der Waals surface area (Å²) >= 11 is 0. The largest absolute Gasteiger partial charge is 0.350 e. The number of allylic oxidation sites excluding steroid dienone is 3. The van der Waals surface area contributed by atoms with Gasteiger partial charge in [0, 0.05) is 12.1 Å². The SMILES string of the molecule is CC=CC=CC(=O)NC1CCC(C)CC1. The molecule has 1 aliphatic carbocycles. The van der Waals surface area contributed by atoms with Crippen LogP contribution in [0.1, 0.15) is 39.5 Å². The van der Waals surface area contributed by atoms with Crippen LogP contribution in [0.2, 0.25) is 0 Å². The van der Waals surface area contributed by atoms with Crippen molar-refractivity contribution in [2.24, 2.45) is 5.92 Å². The summed E-state index contributed by atoms with van der Waals surface area (Å²) in [5.74, 6) is 0.865. The summed E-state index contributed by atoms with van der Waals surface area (Å²) < 4.78 is 0. The molecule has 0 atom stereocenters. The third-order valence-corrected chi connectivity index (χ3v) is 2.91. The number of rotatable bonds is 3. The Labute approximate surface area is 92.4 Å². The summed E-state index contributed by atoms with van der Waals surface area (Å²) in [7, 11) is 0. The Morgan fingerprint density at radius 2 is 1.87 bits per heavy atom. The van der Waals surface area contributed by atoms with E-state index >= 15 is 0 Å². The highest BCUT2D eigenvalue weighted by molar-refractivity contribution is 5.87. The number of hydrogen-bond donors (Lipinski definition) is 1. The van der Waals surface area contributed by atoms with Gasteiger partial charge >= 0.3 is 0 Å². The molecule has 0 aliphatic heterocycles. The Bertz CT molecular complexity index is 247. The normalized spacial score (nSPS) is 27.3.